The number of hydrogen-bond acceptors (Lipinski definition) is 4. The summed E-state index contributed by atoms with van der Waals surface area (Å²) in [7, 11) is 1.63. The number of rotatable bonds is 7. The van der Waals surface area contributed by atoms with Crippen LogP contribution in [0.25, 0.3) is 0 Å². The zero-order valence-electron chi connectivity index (χ0n) is 13.0. The largest absolute Gasteiger partial charge is 0.496 e. The monoisotopic (exact) mass is 309 g/mol. The molecule has 118 valence electrons. The van der Waals surface area contributed by atoms with Crippen molar-refractivity contribution in [3.63, 3.8) is 0 Å². The minimum atomic E-state index is -0.118. The average molecular weight is 309 g/mol. The Balaban J connectivity index is 1.78. The summed E-state index contributed by atoms with van der Waals surface area (Å²) in [5.74, 6) is 0.704. The van der Waals surface area contributed by atoms with Crippen molar-refractivity contribution < 1.29 is 9.53 Å². The number of para-hydroxylation sites is 2. The third-order valence-electron chi connectivity index (χ3n) is 3.40. The van der Waals surface area contributed by atoms with Crippen molar-refractivity contribution in [1.29, 1.82) is 5.26 Å². The van der Waals surface area contributed by atoms with Gasteiger partial charge in [-0.15, -0.1) is 0 Å². The predicted octanol–water partition coefficient (Wildman–Crippen LogP) is 2.34. The van der Waals surface area contributed by atoms with Crippen LogP contribution in [0.4, 0.5) is 5.69 Å². The lowest BCUT2D eigenvalue weighted by molar-refractivity contribution is -0.119. The van der Waals surface area contributed by atoms with E-state index in [0.717, 1.165) is 11.3 Å². The van der Waals surface area contributed by atoms with Crippen molar-refractivity contribution in [2.45, 2.75) is 6.42 Å². The van der Waals surface area contributed by atoms with Crippen LogP contribution in [0.15, 0.2) is 48.5 Å². The number of nitriles is 1. The van der Waals surface area contributed by atoms with Gasteiger partial charge in [0.05, 0.1) is 24.9 Å². The Kier molecular flexibility index (Phi) is 6.01. The zero-order chi connectivity index (χ0) is 16.5. The molecule has 0 fully saturated rings. The van der Waals surface area contributed by atoms with Gasteiger partial charge in [-0.25, -0.2) is 0 Å². The smallest absolute Gasteiger partial charge is 0.239 e. The highest BCUT2D eigenvalue weighted by molar-refractivity contribution is 5.81. The van der Waals surface area contributed by atoms with Crippen molar-refractivity contribution in [2.24, 2.45) is 0 Å². The van der Waals surface area contributed by atoms with Crippen LogP contribution in [0.5, 0.6) is 5.75 Å². The van der Waals surface area contributed by atoms with Crippen molar-refractivity contribution >= 4 is 11.6 Å². The molecule has 2 N–H and O–H groups in total. The molecule has 0 unspecified atom stereocenters. The Labute approximate surface area is 135 Å². The van der Waals surface area contributed by atoms with E-state index in [4.69, 9.17) is 10.00 Å². The van der Waals surface area contributed by atoms with Gasteiger partial charge in [0.15, 0.2) is 0 Å². The lowest BCUT2D eigenvalue weighted by Crippen LogP contribution is -2.31. The Hall–Kier alpha value is -3.00. The summed E-state index contributed by atoms with van der Waals surface area (Å²) < 4.78 is 5.28. The van der Waals surface area contributed by atoms with Crippen LogP contribution >= 0.6 is 0 Å². The first-order valence-corrected chi connectivity index (χ1v) is 7.36. The molecule has 2 aromatic carbocycles. The van der Waals surface area contributed by atoms with Crippen LogP contribution in [0, 0.1) is 11.3 Å². The number of hydrogen-bond donors (Lipinski definition) is 2. The van der Waals surface area contributed by atoms with Gasteiger partial charge in [-0.3, -0.25) is 4.79 Å². The van der Waals surface area contributed by atoms with Gasteiger partial charge in [0.25, 0.3) is 0 Å². The van der Waals surface area contributed by atoms with Gasteiger partial charge < -0.3 is 15.4 Å². The van der Waals surface area contributed by atoms with Gasteiger partial charge in [0.1, 0.15) is 11.8 Å². The number of anilines is 1. The molecule has 0 radical (unpaired) electrons. The molecule has 0 aromatic heterocycles. The van der Waals surface area contributed by atoms with Gasteiger partial charge in [0, 0.05) is 6.54 Å². The van der Waals surface area contributed by atoms with Crippen molar-refractivity contribution in [1.82, 2.24) is 5.32 Å². The molecule has 0 bridgehead atoms. The fourth-order valence-electron chi connectivity index (χ4n) is 2.22. The van der Waals surface area contributed by atoms with Gasteiger partial charge >= 0.3 is 0 Å². The molecule has 5 heteroatoms. The number of amides is 1. The Bertz CT molecular complexity index is 707. The zero-order valence-corrected chi connectivity index (χ0v) is 13.0. The lowest BCUT2D eigenvalue weighted by Gasteiger charge is -2.10. The number of ether oxygens (including phenoxy) is 1. The fourth-order valence-corrected chi connectivity index (χ4v) is 2.22. The quantitative estimate of drug-likeness (QED) is 0.823. The summed E-state index contributed by atoms with van der Waals surface area (Å²) in [6.45, 7) is 0.658. The molecule has 5 nitrogen and oxygen atoms in total. The van der Waals surface area contributed by atoms with Gasteiger partial charge in [0.2, 0.25) is 5.91 Å². The molecule has 23 heavy (non-hydrogen) atoms. The first-order chi connectivity index (χ1) is 11.2. The van der Waals surface area contributed by atoms with Crippen molar-refractivity contribution in [3.05, 3.63) is 59.7 Å². The maximum absolute atomic E-state index is 11.9. The molecule has 0 aliphatic rings. The molecule has 1 amide bonds. The topological polar surface area (TPSA) is 74.2 Å². The highest BCUT2D eigenvalue weighted by Gasteiger charge is 2.05. The highest BCUT2D eigenvalue weighted by Crippen LogP contribution is 2.17. The van der Waals surface area contributed by atoms with E-state index in [2.05, 4.69) is 16.7 Å². The van der Waals surface area contributed by atoms with Crippen LogP contribution in [0.1, 0.15) is 11.1 Å². The van der Waals surface area contributed by atoms with E-state index in [9.17, 15) is 4.79 Å². The van der Waals surface area contributed by atoms with E-state index in [1.165, 1.54) is 0 Å². The van der Waals surface area contributed by atoms with Gasteiger partial charge in [-0.1, -0.05) is 30.3 Å². The Morgan fingerprint density at radius 3 is 2.70 bits per heavy atom. The summed E-state index contributed by atoms with van der Waals surface area (Å²) in [5, 5.41) is 14.8. The normalized spacial score (nSPS) is 9.74. The van der Waals surface area contributed by atoms with Crippen LogP contribution in [-0.4, -0.2) is 26.1 Å². The summed E-state index contributed by atoms with van der Waals surface area (Å²) in [6, 6.07) is 16.9. The van der Waals surface area contributed by atoms with Crippen LogP contribution < -0.4 is 15.4 Å². The molecule has 2 aromatic rings. The number of nitrogens with one attached hydrogen (secondary N) is 2. The van der Waals surface area contributed by atoms with Crippen molar-refractivity contribution in [3.8, 4) is 11.8 Å². The summed E-state index contributed by atoms with van der Waals surface area (Å²) in [5.41, 5.74) is 2.24. The third-order valence-corrected chi connectivity index (χ3v) is 3.40. The number of carbonyl (C=O) groups is 1. The van der Waals surface area contributed by atoms with Gasteiger partial charge in [-0.2, -0.15) is 5.26 Å². The number of benzene rings is 2. The second-order valence-corrected chi connectivity index (χ2v) is 4.92. The molecule has 0 aliphatic heterocycles. The lowest BCUT2D eigenvalue weighted by atomic mass is 10.1. The standard InChI is InChI=1S/C18H19N3O2/c1-23-17-9-5-3-6-14(17)10-11-20-18(22)13-21-16-8-4-2-7-15(16)12-19/h2-9,21H,10-11,13H2,1H3,(H,20,22). The SMILES string of the molecule is COc1ccccc1CCNC(=O)CNc1ccccc1C#N. The Morgan fingerprint density at radius 2 is 1.91 bits per heavy atom. The predicted molar refractivity (Wildman–Crippen MR) is 89.4 cm³/mol. The van der Waals surface area contributed by atoms with E-state index in [-0.39, 0.29) is 12.5 Å². The first-order valence-electron chi connectivity index (χ1n) is 7.36. The van der Waals surface area contributed by atoms with Crippen LogP contribution in [0.3, 0.4) is 0 Å². The van der Waals surface area contributed by atoms with Gasteiger partial charge in [-0.05, 0) is 30.2 Å². The van der Waals surface area contributed by atoms with Crippen LogP contribution in [-0.2, 0) is 11.2 Å². The van der Waals surface area contributed by atoms with E-state index < -0.39 is 0 Å². The summed E-state index contributed by atoms with van der Waals surface area (Å²) in [4.78, 5) is 11.9. The van der Waals surface area contributed by atoms with E-state index in [1.807, 2.05) is 30.3 Å². The molecular formula is C18H19N3O2. The van der Waals surface area contributed by atoms with E-state index in [1.54, 1.807) is 25.3 Å². The molecule has 0 heterocycles. The van der Waals surface area contributed by atoms with E-state index in [0.29, 0.717) is 24.2 Å². The maximum atomic E-state index is 11.9. The number of carbonyl (C=O) groups excluding carboxylic acids is 1. The molecular weight excluding hydrogens is 290 g/mol. The molecule has 0 aliphatic carbocycles. The number of nitrogens with zero attached hydrogens (tertiary/aromatic N) is 1. The molecule has 0 atom stereocenters. The molecule has 0 saturated heterocycles. The average Bonchev–Trinajstić information content (AvgIpc) is 2.60. The number of methoxy groups -OCH3 is 1. The summed E-state index contributed by atoms with van der Waals surface area (Å²) in [6.07, 6.45) is 0.699. The second-order valence-electron chi connectivity index (χ2n) is 4.92. The molecule has 0 saturated carbocycles. The maximum Gasteiger partial charge on any atom is 0.239 e. The van der Waals surface area contributed by atoms with E-state index >= 15 is 0 Å². The Morgan fingerprint density at radius 1 is 1.17 bits per heavy atom. The second kappa shape index (κ2) is 8.44. The van der Waals surface area contributed by atoms with Crippen LogP contribution in [0.2, 0.25) is 0 Å². The minimum Gasteiger partial charge on any atom is -0.496 e. The van der Waals surface area contributed by atoms with Crippen molar-refractivity contribution in [2.75, 3.05) is 25.5 Å². The minimum absolute atomic E-state index is 0.118. The fraction of sp³-hybridized carbons (Fsp3) is 0.222. The molecule has 0 spiro atoms. The first kappa shape index (κ1) is 16.4. The summed E-state index contributed by atoms with van der Waals surface area (Å²) >= 11 is 0. The molecule has 2 rings (SSSR count). The third kappa shape index (κ3) is 4.75. The highest BCUT2D eigenvalue weighted by atomic mass is 16.5.